The van der Waals surface area contributed by atoms with E-state index in [-0.39, 0.29) is 11.1 Å². The van der Waals surface area contributed by atoms with Gasteiger partial charge in [0.05, 0.1) is 10.5 Å². The van der Waals surface area contributed by atoms with E-state index in [2.05, 4.69) is 9.71 Å². The lowest BCUT2D eigenvalue weighted by atomic mass is 10.2. The van der Waals surface area contributed by atoms with Gasteiger partial charge in [0.2, 0.25) is 10.0 Å². The third-order valence-corrected chi connectivity index (χ3v) is 6.14. The molecule has 0 aliphatic heterocycles. The maximum Gasteiger partial charge on any atom is 0.255 e. The lowest BCUT2D eigenvalue weighted by molar-refractivity contribution is 0.107. The number of fused-ring (bicyclic) bond motifs is 1. The van der Waals surface area contributed by atoms with Gasteiger partial charge in [-0.15, -0.1) is 0 Å². The zero-order chi connectivity index (χ0) is 19.7. The summed E-state index contributed by atoms with van der Waals surface area (Å²) >= 11 is 5.03. The SMILES string of the molecule is CC1(NS(=O)(=O)c2ccc3cc[nH]c3c2)CC1.O=C(Cl)c1ccccc1F. The summed E-state index contributed by atoms with van der Waals surface area (Å²) < 4.78 is 39.5. The van der Waals surface area contributed by atoms with E-state index in [1.807, 2.05) is 19.1 Å². The molecule has 0 bridgehead atoms. The minimum absolute atomic E-state index is 0.0795. The van der Waals surface area contributed by atoms with Crippen LogP contribution in [0.15, 0.2) is 59.6 Å². The van der Waals surface area contributed by atoms with Crippen molar-refractivity contribution in [1.82, 2.24) is 9.71 Å². The van der Waals surface area contributed by atoms with Crippen molar-refractivity contribution in [3.8, 4) is 0 Å². The first-order chi connectivity index (χ1) is 12.7. The van der Waals surface area contributed by atoms with Crippen LogP contribution in [0, 0.1) is 5.82 Å². The molecule has 4 rings (SSSR count). The maximum absolute atomic E-state index is 12.5. The van der Waals surface area contributed by atoms with E-state index in [1.54, 1.807) is 24.4 Å². The minimum atomic E-state index is -3.39. The molecule has 0 spiro atoms. The molecule has 142 valence electrons. The molecule has 1 saturated carbocycles. The Labute approximate surface area is 161 Å². The van der Waals surface area contributed by atoms with Gasteiger partial charge in [-0.1, -0.05) is 18.2 Å². The van der Waals surface area contributed by atoms with Crippen LogP contribution in [-0.4, -0.2) is 24.2 Å². The molecule has 5 nitrogen and oxygen atoms in total. The number of halogens is 2. The average molecular weight is 409 g/mol. The molecule has 0 unspecified atom stereocenters. The third kappa shape index (κ3) is 4.74. The van der Waals surface area contributed by atoms with Gasteiger partial charge in [0, 0.05) is 17.3 Å². The van der Waals surface area contributed by atoms with Gasteiger partial charge in [-0.3, -0.25) is 4.79 Å². The van der Waals surface area contributed by atoms with E-state index in [1.165, 1.54) is 18.2 Å². The summed E-state index contributed by atoms with van der Waals surface area (Å²) in [5, 5.41) is 0.250. The number of aromatic nitrogens is 1. The quantitative estimate of drug-likeness (QED) is 0.635. The number of hydrogen-bond donors (Lipinski definition) is 2. The normalized spacial score (nSPS) is 15.1. The molecule has 0 atom stereocenters. The standard InChI is InChI=1S/C12H14N2O2S.C7H4ClFO/c1-12(5-6-12)14-17(15,16)10-3-2-9-4-7-13-11(9)8-10;8-7(10)5-3-1-2-4-6(5)9/h2-4,7-8,13-14H,5-6H2,1H3;1-4H. The van der Waals surface area contributed by atoms with Gasteiger partial charge in [-0.05, 0) is 67.1 Å². The van der Waals surface area contributed by atoms with Crippen molar-refractivity contribution in [2.75, 3.05) is 0 Å². The number of sulfonamides is 1. The number of benzene rings is 2. The van der Waals surface area contributed by atoms with Crippen LogP contribution in [0.5, 0.6) is 0 Å². The molecule has 1 heterocycles. The van der Waals surface area contributed by atoms with E-state index in [0.29, 0.717) is 4.90 Å². The highest BCUT2D eigenvalue weighted by atomic mass is 35.5. The van der Waals surface area contributed by atoms with Crippen molar-refractivity contribution in [3.63, 3.8) is 0 Å². The highest BCUT2D eigenvalue weighted by Crippen LogP contribution is 2.36. The van der Waals surface area contributed by atoms with Crippen molar-refractivity contribution >= 4 is 37.8 Å². The van der Waals surface area contributed by atoms with E-state index in [4.69, 9.17) is 11.6 Å². The van der Waals surface area contributed by atoms with Gasteiger partial charge in [-0.25, -0.2) is 17.5 Å². The summed E-state index contributed by atoms with van der Waals surface area (Å²) in [6.45, 7) is 1.93. The lowest BCUT2D eigenvalue weighted by Crippen LogP contribution is -2.34. The van der Waals surface area contributed by atoms with E-state index < -0.39 is 21.1 Å². The number of carbonyl (C=O) groups is 1. The number of H-pyrrole nitrogens is 1. The van der Waals surface area contributed by atoms with Crippen molar-refractivity contribution < 1.29 is 17.6 Å². The largest absolute Gasteiger partial charge is 0.361 e. The van der Waals surface area contributed by atoms with Gasteiger partial charge in [0.25, 0.3) is 5.24 Å². The second-order valence-corrected chi connectivity index (χ2v) is 8.67. The molecule has 1 fully saturated rings. The fraction of sp³-hybridized carbons (Fsp3) is 0.211. The third-order valence-electron chi connectivity index (χ3n) is 4.30. The Morgan fingerprint density at radius 1 is 1.19 bits per heavy atom. The Bertz CT molecular complexity index is 1090. The number of hydrogen-bond acceptors (Lipinski definition) is 3. The summed E-state index contributed by atoms with van der Waals surface area (Å²) in [6.07, 6.45) is 3.63. The fourth-order valence-corrected chi connectivity index (χ4v) is 4.13. The summed E-state index contributed by atoms with van der Waals surface area (Å²) in [6, 6.07) is 12.6. The van der Waals surface area contributed by atoms with Crippen LogP contribution in [0.25, 0.3) is 10.9 Å². The first-order valence-electron chi connectivity index (χ1n) is 8.26. The summed E-state index contributed by atoms with van der Waals surface area (Å²) in [5.74, 6) is -0.581. The molecule has 2 N–H and O–H groups in total. The maximum atomic E-state index is 12.5. The first kappa shape index (κ1) is 19.5. The zero-order valence-corrected chi connectivity index (χ0v) is 16.1. The van der Waals surface area contributed by atoms with Crippen LogP contribution in [0.4, 0.5) is 4.39 Å². The number of rotatable bonds is 4. The Balaban J connectivity index is 0.000000180. The molecule has 3 aromatic rings. The van der Waals surface area contributed by atoms with Crippen LogP contribution in [0.2, 0.25) is 0 Å². The van der Waals surface area contributed by atoms with Crippen molar-refractivity contribution in [1.29, 1.82) is 0 Å². The van der Waals surface area contributed by atoms with Crippen molar-refractivity contribution in [3.05, 3.63) is 66.1 Å². The number of carbonyl (C=O) groups excluding carboxylic acids is 1. The van der Waals surface area contributed by atoms with E-state index in [9.17, 15) is 17.6 Å². The zero-order valence-electron chi connectivity index (χ0n) is 14.5. The Hall–Kier alpha value is -2.22. The van der Waals surface area contributed by atoms with Gasteiger partial charge in [0.1, 0.15) is 5.82 Å². The molecule has 2 aromatic carbocycles. The van der Waals surface area contributed by atoms with Gasteiger partial charge < -0.3 is 4.98 Å². The van der Waals surface area contributed by atoms with E-state index in [0.717, 1.165) is 23.7 Å². The van der Waals surface area contributed by atoms with Crippen LogP contribution >= 0.6 is 11.6 Å². The molecule has 0 amide bonds. The molecular weight excluding hydrogens is 391 g/mol. The molecule has 1 aliphatic rings. The van der Waals surface area contributed by atoms with Crippen LogP contribution < -0.4 is 4.72 Å². The second-order valence-electron chi connectivity index (χ2n) is 6.65. The molecule has 8 heteroatoms. The van der Waals surface area contributed by atoms with Crippen LogP contribution in [0.3, 0.4) is 0 Å². The monoisotopic (exact) mass is 408 g/mol. The smallest absolute Gasteiger partial charge is 0.255 e. The van der Waals surface area contributed by atoms with Gasteiger partial charge in [0.15, 0.2) is 0 Å². The summed E-state index contributed by atoms with van der Waals surface area (Å²) in [5.41, 5.74) is 0.529. The van der Waals surface area contributed by atoms with Gasteiger partial charge in [-0.2, -0.15) is 0 Å². The first-order valence-corrected chi connectivity index (χ1v) is 10.1. The molecule has 0 saturated heterocycles. The second kappa shape index (κ2) is 7.42. The predicted molar refractivity (Wildman–Crippen MR) is 103 cm³/mol. The lowest BCUT2D eigenvalue weighted by Gasteiger charge is -2.12. The average Bonchev–Trinajstić information content (AvgIpc) is 3.14. The van der Waals surface area contributed by atoms with Crippen LogP contribution in [-0.2, 0) is 10.0 Å². The predicted octanol–water partition coefficient (Wildman–Crippen LogP) is 4.20. The number of aromatic amines is 1. The van der Waals surface area contributed by atoms with Crippen LogP contribution in [0.1, 0.15) is 30.1 Å². The molecule has 1 aromatic heterocycles. The Morgan fingerprint density at radius 3 is 2.48 bits per heavy atom. The molecule has 1 aliphatic carbocycles. The van der Waals surface area contributed by atoms with Crippen molar-refractivity contribution in [2.45, 2.75) is 30.2 Å². The highest BCUT2D eigenvalue weighted by Gasteiger charge is 2.41. The molecular formula is C19H18ClFN2O3S. The topological polar surface area (TPSA) is 79.0 Å². The van der Waals surface area contributed by atoms with E-state index >= 15 is 0 Å². The minimum Gasteiger partial charge on any atom is -0.361 e. The Morgan fingerprint density at radius 2 is 1.89 bits per heavy atom. The van der Waals surface area contributed by atoms with Crippen molar-refractivity contribution in [2.24, 2.45) is 0 Å². The van der Waals surface area contributed by atoms with Gasteiger partial charge >= 0.3 is 0 Å². The summed E-state index contributed by atoms with van der Waals surface area (Å²) in [4.78, 5) is 13.7. The fourth-order valence-electron chi connectivity index (χ4n) is 2.49. The summed E-state index contributed by atoms with van der Waals surface area (Å²) in [7, 11) is -3.39. The highest BCUT2D eigenvalue weighted by molar-refractivity contribution is 7.89. The Kier molecular flexibility index (Phi) is 5.37. The molecule has 27 heavy (non-hydrogen) atoms. The molecule has 0 radical (unpaired) electrons. The number of nitrogens with one attached hydrogen (secondary N) is 2.